The monoisotopic (exact) mass is 925 g/mol. The number of aliphatic hydroxyl groups excluding tert-OH is 1. The summed E-state index contributed by atoms with van der Waals surface area (Å²) in [6.45, 7) is 28.3. The molecule has 1 N–H and O–H groups in total. The van der Waals surface area contributed by atoms with Crippen LogP contribution in [0.15, 0.2) is 90.8 Å². The second-order valence-electron chi connectivity index (χ2n) is 18.7. The van der Waals surface area contributed by atoms with E-state index in [1.807, 2.05) is 47.7 Å². The maximum absolute atomic E-state index is 12.2. The van der Waals surface area contributed by atoms with Crippen molar-refractivity contribution >= 4 is 16.6 Å². The Morgan fingerprint density at radius 3 is 1.86 bits per heavy atom. The Balaban J connectivity index is 0.000000285. The zero-order valence-electron chi connectivity index (χ0n) is 36.0. The number of hydrogen-bond donors (Lipinski definition) is 1. The number of pyridine rings is 1. The van der Waals surface area contributed by atoms with Crippen molar-refractivity contribution in [1.29, 1.82) is 0 Å². The summed E-state index contributed by atoms with van der Waals surface area (Å²) in [4.78, 5) is 17.2. The predicted molar refractivity (Wildman–Crippen MR) is 233 cm³/mol. The third-order valence-corrected chi connectivity index (χ3v) is 13.8. The Kier molecular flexibility index (Phi) is 12.0. The van der Waals surface area contributed by atoms with Crippen LogP contribution < -0.4 is 0 Å². The Bertz CT molecular complexity index is 2310. The third-order valence-electron chi connectivity index (χ3n) is 13.8. The molecular weight excluding hydrogens is 863 g/mol. The predicted octanol–water partition coefficient (Wildman–Crippen LogP) is 14.3. The molecule has 0 aliphatic heterocycles. The molecule has 1 radical (unpaired) electrons. The molecular formula is C52H62IrNO2-. The van der Waals surface area contributed by atoms with Crippen molar-refractivity contribution in [1.82, 2.24) is 4.98 Å². The first-order chi connectivity index (χ1) is 25.8. The standard InChI is InChI=1S/C37H34N.C15H28O2.Ir/c1-35(2,3)25-13-14-26-28-19-24(12-15-30(28)36(4,5)32(26)21-25)34-33-27(16-17-38-34)29-18-22-10-8-9-11-23(22)20-31(29)37(33,6)7;1-7-14(5,8-2)12(16)11-13(17)15(6,9-3)10-4;/h8-11,13-21H,1-7H3;11,16H,7-10H2,1-6H3;/q-1;;/b;12-11-;. The number of hydrogen-bond acceptors (Lipinski definition) is 3. The minimum Gasteiger partial charge on any atom is -0.512 e. The van der Waals surface area contributed by atoms with Gasteiger partial charge in [-0.15, -0.1) is 29.3 Å². The molecule has 7 rings (SSSR count). The molecule has 0 fully saturated rings. The van der Waals surface area contributed by atoms with Gasteiger partial charge in [-0.25, -0.2) is 0 Å². The van der Waals surface area contributed by atoms with Gasteiger partial charge in [0.25, 0.3) is 0 Å². The van der Waals surface area contributed by atoms with E-state index in [1.165, 1.54) is 66.9 Å². The number of aromatic nitrogens is 1. The molecule has 0 atom stereocenters. The van der Waals surface area contributed by atoms with Crippen LogP contribution >= 0.6 is 0 Å². The molecule has 0 saturated heterocycles. The van der Waals surface area contributed by atoms with Crippen LogP contribution in [0.2, 0.25) is 0 Å². The topological polar surface area (TPSA) is 50.2 Å². The van der Waals surface area contributed by atoms with E-state index in [0.29, 0.717) is 0 Å². The van der Waals surface area contributed by atoms with E-state index in [4.69, 9.17) is 4.98 Å². The molecule has 0 unspecified atom stereocenters. The van der Waals surface area contributed by atoms with Crippen molar-refractivity contribution in [3.63, 3.8) is 0 Å². The van der Waals surface area contributed by atoms with Gasteiger partial charge in [0.05, 0.1) is 0 Å². The smallest absolute Gasteiger partial charge is 0.164 e. The van der Waals surface area contributed by atoms with E-state index in [0.717, 1.165) is 36.9 Å². The van der Waals surface area contributed by atoms with Crippen LogP contribution in [0.4, 0.5) is 0 Å². The zero-order chi connectivity index (χ0) is 40.3. The molecule has 4 aromatic carbocycles. The number of fused-ring (bicyclic) bond motifs is 7. The van der Waals surface area contributed by atoms with Crippen molar-refractivity contribution in [3.05, 3.63) is 125 Å². The number of aliphatic hydroxyl groups is 1. The van der Waals surface area contributed by atoms with Crippen LogP contribution in [0.1, 0.15) is 144 Å². The summed E-state index contributed by atoms with van der Waals surface area (Å²) in [5, 5.41) is 12.7. The van der Waals surface area contributed by atoms with Gasteiger partial charge in [-0.1, -0.05) is 138 Å². The Morgan fingerprint density at radius 1 is 0.696 bits per heavy atom. The number of rotatable bonds is 8. The van der Waals surface area contributed by atoms with Crippen molar-refractivity contribution in [2.75, 3.05) is 0 Å². The summed E-state index contributed by atoms with van der Waals surface area (Å²) < 4.78 is 0. The van der Waals surface area contributed by atoms with Crippen LogP contribution in [0, 0.1) is 16.9 Å². The maximum atomic E-state index is 12.2. The molecule has 4 heteroatoms. The minimum atomic E-state index is -0.337. The molecule has 0 amide bonds. The largest absolute Gasteiger partial charge is 0.512 e. The number of allylic oxidation sites excluding steroid dienone is 2. The first-order valence-corrected chi connectivity index (χ1v) is 20.5. The quantitative estimate of drug-likeness (QED) is 0.0958. The van der Waals surface area contributed by atoms with Crippen molar-refractivity contribution in [2.24, 2.45) is 10.8 Å². The normalized spacial score (nSPS) is 15.2. The summed E-state index contributed by atoms with van der Waals surface area (Å²) in [6.07, 6.45) is 6.73. The van der Waals surface area contributed by atoms with Crippen molar-refractivity contribution in [3.8, 4) is 33.5 Å². The molecule has 297 valence electrons. The summed E-state index contributed by atoms with van der Waals surface area (Å²) in [7, 11) is 0. The molecule has 2 aliphatic carbocycles. The summed E-state index contributed by atoms with van der Waals surface area (Å²) >= 11 is 0. The fraction of sp³-hybridized carbons (Fsp3) is 0.423. The van der Waals surface area contributed by atoms with Crippen LogP contribution in [0.25, 0.3) is 44.3 Å². The van der Waals surface area contributed by atoms with Crippen LogP contribution in [0.5, 0.6) is 0 Å². The van der Waals surface area contributed by atoms with Gasteiger partial charge in [-0.3, -0.25) is 4.79 Å². The van der Waals surface area contributed by atoms with Crippen LogP contribution in [-0.4, -0.2) is 15.9 Å². The van der Waals surface area contributed by atoms with Gasteiger partial charge >= 0.3 is 0 Å². The average Bonchev–Trinajstić information content (AvgIpc) is 3.54. The van der Waals surface area contributed by atoms with E-state index in [1.54, 1.807) is 0 Å². The molecule has 0 bridgehead atoms. The SMILES string of the molecule is CC(C)(C)c1ccc2c(c1)C(C)(C)c1c[c-]c(-c3nccc4c3C(C)(C)c3cc5ccccc5cc3-4)cc1-2.CCC(C)(CC)C(=O)/C=C(\O)C(C)(CC)CC.[Ir]. The number of nitrogens with zero attached hydrogens (tertiary/aromatic N) is 1. The van der Waals surface area contributed by atoms with Crippen molar-refractivity contribution in [2.45, 2.75) is 132 Å². The Hall–Kier alpha value is -3.85. The van der Waals surface area contributed by atoms with Gasteiger partial charge < -0.3 is 10.1 Å². The van der Waals surface area contributed by atoms with Gasteiger partial charge in [-0.2, -0.15) is 0 Å². The van der Waals surface area contributed by atoms with Gasteiger partial charge in [0.15, 0.2) is 5.78 Å². The molecule has 5 aromatic rings. The first-order valence-electron chi connectivity index (χ1n) is 20.5. The van der Waals surface area contributed by atoms with Gasteiger partial charge in [0, 0.05) is 48.6 Å². The maximum Gasteiger partial charge on any atom is 0.164 e. The first kappa shape index (κ1) is 43.3. The van der Waals surface area contributed by atoms with E-state index in [9.17, 15) is 9.90 Å². The second kappa shape index (κ2) is 15.5. The molecule has 3 nitrogen and oxygen atoms in total. The Morgan fingerprint density at radius 2 is 1.27 bits per heavy atom. The van der Waals surface area contributed by atoms with E-state index < -0.39 is 0 Å². The fourth-order valence-electron chi connectivity index (χ4n) is 8.60. The van der Waals surface area contributed by atoms with E-state index >= 15 is 0 Å². The molecule has 1 heterocycles. The number of ketones is 1. The van der Waals surface area contributed by atoms with Gasteiger partial charge in [0.2, 0.25) is 0 Å². The molecule has 2 aliphatic rings. The minimum absolute atomic E-state index is 0. The number of benzene rings is 4. The third kappa shape index (κ3) is 7.26. The average molecular weight is 925 g/mol. The van der Waals surface area contributed by atoms with Gasteiger partial charge in [0.1, 0.15) is 5.76 Å². The van der Waals surface area contributed by atoms with Gasteiger partial charge in [-0.05, 0) is 110 Å². The summed E-state index contributed by atoms with van der Waals surface area (Å²) in [5.74, 6) is 0.286. The molecule has 1 aromatic heterocycles. The number of carbonyl (C=O) groups excluding carboxylic acids is 1. The fourth-order valence-corrected chi connectivity index (χ4v) is 8.60. The molecule has 0 spiro atoms. The zero-order valence-corrected chi connectivity index (χ0v) is 38.4. The Labute approximate surface area is 350 Å². The molecule has 56 heavy (non-hydrogen) atoms. The summed E-state index contributed by atoms with van der Waals surface area (Å²) in [6, 6.07) is 30.9. The van der Waals surface area contributed by atoms with Crippen molar-refractivity contribution < 1.29 is 30.0 Å². The molecule has 0 saturated carbocycles. The second-order valence-corrected chi connectivity index (χ2v) is 18.7. The number of carbonyl (C=O) groups is 1. The van der Waals surface area contributed by atoms with E-state index in [-0.39, 0.29) is 58.7 Å². The van der Waals surface area contributed by atoms with Crippen LogP contribution in [-0.2, 0) is 41.1 Å². The summed E-state index contributed by atoms with van der Waals surface area (Å²) in [5.41, 5.74) is 13.6. The van der Waals surface area contributed by atoms with Crippen LogP contribution in [0.3, 0.4) is 0 Å². The van der Waals surface area contributed by atoms with E-state index in [2.05, 4.69) is 127 Å².